The van der Waals surface area contributed by atoms with E-state index in [1.807, 2.05) is 4.90 Å². The average molecular weight is 470 g/mol. The van der Waals surface area contributed by atoms with E-state index in [9.17, 15) is 18.0 Å². The first-order valence-corrected chi connectivity index (χ1v) is 10.9. The molecule has 6 nitrogen and oxygen atoms in total. The molecule has 1 amide bonds. The smallest absolute Gasteiger partial charge is 0.396 e. The van der Waals surface area contributed by atoms with Gasteiger partial charge < -0.3 is 14.7 Å². The number of nitriles is 1. The van der Waals surface area contributed by atoms with Crippen LogP contribution in [0, 0.1) is 11.3 Å². The molecule has 10 heteroatoms. The van der Waals surface area contributed by atoms with Crippen molar-refractivity contribution in [3.63, 3.8) is 0 Å². The molecular weight excluding hydrogens is 443 g/mol. The highest BCUT2D eigenvalue weighted by Crippen LogP contribution is 2.40. The topological polar surface area (TPSA) is 76.8 Å². The molecule has 2 fully saturated rings. The highest BCUT2D eigenvalue weighted by Gasteiger charge is 2.52. The SMILES string of the molecule is CC1(C)C(=O)N(c2ccc(C#N)c(C(F)(F)F)c2)C(=S)N1[C@H]1CC[C@H](OCCCO)CC1. The minimum atomic E-state index is -4.73. The second-order valence-electron chi connectivity index (χ2n) is 8.57. The van der Waals surface area contributed by atoms with Crippen LogP contribution in [0.25, 0.3) is 0 Å². The second-order valence-corrected chi connectivity index (χ2v) is 8.94. The number of amides is 1. The van der Waals surface area contributed by atoms with E-state index in [0.29, 0.717) is 13.0 Å². The van der Waals surface area contributed by atoms with Crippen LogP contribution in [-0.2, 0) is 15.7 Å². The maximum absolute atomic E-state index is 13.4. The van der Waals surface area contributed by atoms with E-state index in [1.54, 1.807) is 19.9 Å². The van der Waals surface area contributed by atoms with Crippen molar-refractivity contribution in [2.24, 2.45) is 0 Å². The summed E-state index contributed by atoms with van der Waals surface area (Å²) in [6, 6.07) is 4.72. The van der Waals surface area contributed by atoms with Crippen LogP contribution in [0.4, 0.5) is 18.9 Å². The minimum absolute atomic E-state index is 0.00271. The van der Waals surface area contributed by atoms with Gasteiger partial charge in [-0.25, -0.2) is 0 Å². The van der Waals surface area contributed by atoms with Gasteiger partial charge in [-0.15, -0.1) is 0 Å². The van der Waals surface area contributed by atoms with Crippen molar-refractivity contribution in [3.05, 3.63) is 29.3 Å². The third-order valence-corrected chi connectivity index (χ3v) is 6.46. The van der Waals surface area contributed by atoms with E-state index >= 15 is 0 Å². The number of aliphatic hydroxyl groups excluding tert-OH is 1. The van der Waals surface area contributed by atoms with Crippen molar-refractivity contribution in [2.75, 3.05) is 18.1 Å². The third kappa shape index (κ3) is 4.60. The fourth-order valence-corrected chi connectivity index (χ4v) is 5.00. The van der Waals surface area contributed by atoms with Gasteiger partial charge in [-0.3, -0.25) is 9.69 Å². The molecule has 0 bridgehead atoms. The van der Waals surface area contributed by atoms with Crippen LogP contribution < -0.4 is 4.90 Å². The second kappa shape index (κ2) is 9.33. The Bertz CT molecular complexity index is 921. The number of anilines is 1. The van der Waals surface area contributed by atoms with Gasteiger partial charge in [-0.2, -0.15) is 18.4 Å². The van der Waals surface area contributed by atoms with Gasteiger partial charge in [0.05, 0.1) is 29.0 Å². The summed E-state index contributed by atoms with van der Waals surface area (Å²) in [4.78, 5) is 16.2. The van der Waals surface area contributed by atoms with Crippen molar-refractivity contribution < 1.29 is 27.8 Å². The fraction of sp³-hybridized carbons (Fsp3) is 0.591. The highest BCUT2D eigenvalue weighted by atomic mass is 32.1. The Labute approximate surface area is 190 Å². The molecule has 1 aliphatic heterocycles. The number of hydrogen-bond acceptors (Lipinski definition) is 5. The van der Waals surface area contributed by atoms with Crippen LogP contribution in [0.15, 0.2) is 18.2 Å². The van der Waals surface area contributed by atoms with Crippen LogP contribution in [0.1, 0.15) is 57.1 Å². The molecule has 1 aliphatic carbocycles. The first-order valence-electron chi connectivity index (χ1n) is 10.5. The molecule has 0 unspecified atom stereocenters. The van der Waals surface area contributed by atoms with Crippen molar-refractivity contribution in [1.29, 1.82) is 5.26 Å². The molecule has 0 aromatic heterocycles. The summed E-state index contributed by atoms with van der Waals surface area (Å²) in [7, 11) is 0. The van der Waals surface area contributed by atoms with Gasteiger partial charge in [-0.05, 0) is 76.4 Å². The van der Waals surface area contributed by atoms with E-state index in [0.717, 1.165) is 42.7 Å². The van der Waals surface area contributed by atoms with E-state index in [4.69, 9.17) is 27.3 Å². The number of ether oxygens (including phenoxy) is 1. The van der Waals surface area contributed by atoms with Crippen LogP contribution in [0.2, 0.25) is 0 Å². The number of hydrogen-bond donors (Lipinski definition) is 1. The summed E-state index contributed by atoms with van der Waals surface area (Å²) in [5, 5.41) is 18.1. The number of thiocarbonyl (C=S) groups is 1. The zero-order chi connectivity index (χ0) is 23.7. The van der Waals surface area contributed by atoms with Crippen molar-refractivity contribution in [3.8, 4) is 6.07 Å². The number of halogens is 3. The maximum Gasteiger partial charge on any atom is 0.417 e. The normalized spacial score (nSPS) is 23.5. The molecule has 1 heterocycles. The standard InChI is InChI=1S/C22H26F3N3O3S/c1-21(2)19(30)27(16-5-4-14(13-26)18(12-16)22(23,24)25)20(32)28(21)15-6-8-17(9-7-15)31-11-3-10-29/h4-5,12,15,17,29H,3,6-11H2,1-2H3/t15-,17-. The molecule has 1 aromatic carbocycles. The van der Waals surface area contributed by atoms with Crippen LogP contribution in [-0.4, -0.2) is 51.9 Å². The first kappa shape index (κ1) is 24.4. The number of aliphatic hydroxyl groups is 1. The zero-order valence-corrected chi connectivity index (χ0v) is 18.8. The van der Waals surface area contributed by atoms with Crippen LogP contribution in [0.3, 0.4) is 0 Å². The summed E-state index contributed by atoms with van der Waals surface area (Å²) < 4.78 is 46.1. The molecule has 0 spiro atoms. The van der Waals surface area contributed by atoms with Crippen molar-refractivity contribution >= 4 is 28.9 Å². The lowest BCUT2D eigenvalue weighted by molar-refractivity contribution is -0.137. The molecule has 2 aliphatic rings. The summed E-state index contributed by atoms with van der Waals surface area (Å²) in [6.45, 7) is 4.01. The Morgan fingerprint density at radius 2 is 1.94 bits per heavy atom. The van der Waals surface area contributed by atoms with Gasteiger partial charge in [0.25, 0.3) is 5.91 Å². The number of nitrogens with zero attached hydrogens (tertiary/aromatic N) is 3. The van der Waals surface area contributed by atoms with Gasteiger partial charge in [0.1, 0.15) is 5.54 Å². The number of carbonyl (C=O) groups is 1. The summed E-state index contributed by atoms with van der Waals surface area (Å²) in [5.41, 5.74) is -2.61. The van der Waals surface area contributed by atoms with Crippen LogP contribution >= 0.6 is 12.2 Å². The molecule has 1 saturated carbocycles. The lowest BCUT2D eigenvalue weighted by Gasteiger charge is -2.40. The minimum Gasteiger partial charge on any atom is -0.396 e. The third-order valence-electron chi connectivity index (χ3n) is 6.08. The Morgan fingerprint density at radius 1 is 1.28 bits per heavy atom. The number of carbonyl (C=O) groups excluding carboxylic acids is 1. The molecule has 0 radical (unpaired) electrons. The van der Waals surface area contributed by atoms with E-state index in [2.05, 4.69) is 0 Å². The van der Waals surface area contributed by atoms with E-state index in [1.165, 1.54) is 6.07 Å². The summed E-state index contributed by atoms with van der Waals surface area (Å²) in [5.74, 6) is -0.401. The molecule has 3 rings (SSSR count). The predicted molar refractivity (Wildman–Crippen MR) is 116 cm³/mol. The van der Waals surface area contributed by atoms with E-state index < -0.39 is 28.7 Å². The molecule has 1 saturated heterocycles. The number of rotatable bonds is 6. The summed E-state index contributed by atoms with van der Waals surface area (Å²) in [6.07, 6.45) is -1.06. The van der Waals surface area contributed by atoms with Gasteiger partial charge in [0.15, 0.2) is 5.11 Å². The average Bonchev–Trinajstić information content (AvgIpc) is 2.92. The van der Waals surface area contributed by atoms with Crippen molar-refractivity contribution in [1.82, 2.24) is 4.90 Å². The van der Waals surface area contributed by atoms with Gasteiger partial charge in [-0.1, -0.05) is 0 Å². The van der Waals surface area contributed by atoms with Gasteiger partial charge >= 0.3 is 6.18 Å². The molecule has 1 N–H and O–H groups in total. The lowest BCUT2D eigenvalue weighted by atomic mass is 9.89. The number of benzene rings is 1. The summed E-state index contributed by atoms with van der Waals surface area (Å²) >= 11 is 5.59. The zero-order valence-electron chi connectivity index (χ0n) is 18.0. The van der Waals surface area contributed by atoms with Crippen molar-refractivity contribution in [2.45, 2.75) is 69.8 Å². The monoisotopic (exact) mass is 469 g/mol. The Kier molecular flexibility index (Phi) is 7.12. The Morgan fingerprint density at radius 3 is 2.50 bits per heavy atom. The molecule has 32 heavy (non-hydrogen) atoms. The predicted octanol–water partition coefficient (Wildman–Crippen LogP) is 4.00. The largest absolute Gasteiger partial charge is 0.417 e. The fourth-order valence-electron chi connectivity index (χ4n) is 4.44. The van der Waals surface area contributed by atoms with E-state index in [-0.39, 0.29) is 29.6 Å². The molecule has 0 atom stereocenters. The maximum atomic E-state index is 13.4. The molecule has 1 aromatic rings. The first-order chi connectivity index (χ1) is 15.0. The molecular formula is C22H26F3N3O3S. The number of alkyl halides is 3. The lowest BCUT2D eigenvalue weighted by Crippen LogP contribution is -2.51. The quantitative estimate of drug-likeness (QED) is 0.501. The Balaban J connectivity index is 1.83. The van der Waals surface area contributed by atoms with Gasteiger partial charge in [0, 0.05) is 19.3 Å². The van der Waals surface area contributed by atoms with Crippen LogP contribution in [0.5, 0.6) is 0 Å². The van der Waals surface area contributed by atoms with Gasteiger partial charge in [0.2, 0.25) is 0 Å². The highest BCUT2D eigenvalue weighted by molar-refractivity contribution is 7.80. The molecule has 174 valence electrons. The Hall–Kier alpha value is -2.22.